The predicted octanol–water partition coefficient (Wildman–Crippen LogP) is -1.82. The molecule has 0 aromatic carbocycles. The van der Waals surface area contributed by atoms with Gasteiger partial charge >= 0.3 is 5.97 Å². The highest BCUT2D eigenvalue weighted by molar-refractivity contribution is 5.73. The maximum atomic E-state index is 10.8. The molecule has 5 atom stereocenters. The van der Waals surface area contributed by atoms with Crippen LogP contribution in [0, 0.1) is 0 Å². The largest absolute Gasteiger partial charge is 0.479 e. The number of aliphatic hydroxyl groups is 2. The summed E-state index contributed by atoms with van der Waals surface area (Å²) in [7, 11) is 2.47. The number of methoxy groups -OCH3 is 2. The first-order valence-corrected chi connectivity index (χ1v) is 4.33. The summed E-state index contributed by atoms with van der Waals surface area (Å²) in [5.41, 5.74) is 0. The first-order chi connectivity index (χ1) is 7.02. The molecule has 1 heterocycles. The number of rotatable bonds is 3. The van der Waals surface area contributed by atoms with Gasteiger partial charge in [0.2, 0.25) is 0 Å². The van der Waals surface area contributed by atoms with Crippen molar-refractivity contribution in [1.82, 2.24) is 0 Å². The highest BCUT2D eigenvalue weighted by Gasteiger charge is 2.48. The zero-order chi connectivity index (χ0) is 11.6. The van der Waals surface area contributed by atoms with Crippen molar-refractivity contribution in [3.63, 3.8) is 0 Å². The lowest BCUT2D eigenvalue weighted by Gasteiger charge is -2.39. The van der Waals surface area contributed by atoms with Gasteiger partial charge in [-0.15, -0.1) is 0 Å². The average molecular weight is 222 g/mol. The molecule has 1 rings (SSSR count). The van der Waals surface area contributed by atoms with Crippen molar-refractivity contribution in [2.45, 2.75) is 30.7 Å². The molecule has 0 radical (unpaired) electrons. The molecule has 0 unspecified atom stereocenters. The molecule has 88 valence electrons. The van der Waals surface area contributed by atoms with Crippen LogP contribution in [0.4, 0.5) is 0 Å². The van der Waals surface area contributed by atoms with E-state index in [4.69, 9.17) is 19.3 Å². The summed E-state index contributed by atoms with van der Waals surface area (Å²) in [5.74, 6) is -1.28. The Hall–Kier alpha value is -0.730. The first kappa shape index (κ1) is 12.3. The second-order valence-electron chi connectivity index (χ2n) is 3.18. The average Bonchev–Trinajstić information content (AvgIpc) is 2.21. The SMILES string of the molecule is CO[C@@H]1O[C@H](C(=O)O)[C@@H](OC)[C@H](O)[C@@H]1O. The Balaban J connectivity index is 2.84. The summed E-state index contributed by atoms with van der Waals surface area (Å²) >= 11 is 0. The molecule has 1 fully saturated rings. The van der Waals surface area contributed by atoms with Crippen LogP contribution in [-0.2, 0) is 19.0 Å². The van der Waals surface area contributed by atoms with E-state index in [9.17, 15) is 15.0 Å². The van der Waals surface area contributed by atoms with Crippen LogP contribution in [-0.4, -0.2) is 66.2 Å². The van der Waals surface area contributed by atoms with Crippen LogP contribution in [0.3, 0.4) is 0 Å². The summed E-state index contributed by atoms with van der Waals surface area (Å²) in [5, 5.41) is 27.8. The van der Waals surface area contributed by atoms with E-state index < -0.39 is 36.7 Å². The smallest absolute Gasteiger partial charge is 0.335 e. The molecule has 0 aliphatic carbocycles. The molecule has 1 aliphatic rings. The molecule has 3 N–H and O–H groups in total. The van der Waals surface area contributed by atoms with E-state index in [0.717, 1.165) is 0 Å². The zero-order valence-electron chi connectivity index (χ0n) is 8.36. The maximum Gasteiger partial charge on any atom is 0.335 e. The highest BCUT2D eigenvalue weighted by atomic mass is 16.7. The van der Waals surface area contributed by atoms with E-state index in [1.54, 1.807) is 0 Å². The molecule has 0 bridgehead atoms. The number of carboxylic acids is 1. The third-order valence-corrected chi connectivity index (χ3v) is 2.29. The summed E-state index contributed by atoms with van der Waals surface area (Å²) in [6.45, 7) is 0. The number of carboxylic acid groups (broad SMARTS) is 1. The maximum absolute atomic E-state index is 10.8. The molecule has 7 nitrogen and oxygen atoms in total. The second kappa shape index (κ2) is 4.86. The van der Waals surface area contributed by atoms with E-state index in [1.807, 2.05) is 0 Å². The van der Waals surface area contributed by atoms with Crippen molar-refractivity contribution in [3.8, 4) is 0 Å². The van der Waals surface area contributed by atoms with E-state index in [2.05, 4.69) is 0 Å². The Bertz CT molecular complexity index is 231. The fourth-order valence-corrected chi connectivity index (χ4v) is 1.49. The van der Waals surface area contributed by atoms with Gasteiger partial charge in [-0.25, -0.2) is 4.79 Å². The van der Waals surface area contributed by atoms with Gasteiger partial charge in [-0.05, 0) is 0 Å². The highest BCUT2D eigenvalue weighted by Crippen LogP contribution is 2.23. The quantitative estimate of drug-likeness (QED) is 0.516. The van der Waals surface area contributed by atoms with Crippen molar-refractivity contribution >= 4 is 5.97 Å². The van der Waals surface area contributed by atoms with Crippen LogP contribution < -0.4 is 0 Å². The Morgan fingerprint density at radius 1 is 1.20 bits per heavy atom. The molecule has 1 aliphatic heterocycles. The van der Waals surface area contributed by atoms with Gasteiger partial charge in [-0.3, -0.25) is 0 Å². The molecule has 7 heteroatoms. The number of hydrogen-bond donors (Lipinski definition) is 3. The van der Waals surface area contributed by atoms with Crippen molar-refractivity contribution in [1.29, 1.82) is 0 Å². The van der Waals surface area contributed by atoms with Gasteiger partial charge in [-0.1, -0.05) is 0 Å². The number of ether oxygens (including phenoxy) is 3. The van der Waals surface area contributed by atoms with Crippen LogP contribution in [0.1, 0.15) is 0 Å². The van der Waals surface area contributed by atoms with E-state index in [-0.39, 0.29) is 0 Å². The molecule has 0 aromatic heterocycles. The topological polar surface area (TPSA) is 105 Å². The monoisotopic (exact) mass is 222 g/mol. The standard InChI is InChI=1S/C8H14O7/c1-13-5-3(9)4(10)8(14-2)15-6(5)7(11)12/h3-6,8-10H,1-2H3,(H,11,12)/t3-,4+,5+,6+,8-/m1/s1. The lowest BCUT2D eigenvalue weighted by atomic mass is 9.99. The molecular weight excluding hydrogens is 208 g/mol. The summed E-state index contributed by atoms with van der Waals surface area (Å²) in [6.07, 6.45) is -6.36. The van der Waals surface area contributed by atoms with Crippen molar-refractivity contribution in [2.75, 3.05) is 14.2 Å². The van der Waals surface area contributed by atoms with Gasteiger partial charge < -0.3 is 29.5 Å². The van der Waals surface area contributed by atoms with Gasteiger partial charge in [0, 0.05) is 14.2 Å². The lowest BCUT2D eigenvalue weighted by Crippen LogP contribution is -2.60. The van der Waals surface area contributed by atoms with Gasteiger partial charge in [0.1, 0.15) is 18.3 Å². The van der Waals surface area contributed by atoms with Gasteiger partial charge in [0.15, 0.2) is 12.4 Å². The Labute approximate surface area is 86.2 Å². The third kappa shape index (κ3) is 2.27. The zero-order valence-corrected chi connectivity index (χ0v) is 8.36. The fourth-order valence-electron chi connectivity index (χ4n) is 1.49. The van der Waals surface area contributed by atoms with Crippen LogP contribution in [0.15, 0.2) is 0 Å². The Morgan fingerprint density at radius 3 is 2.20 bits per heavy atom. The van der Waals surface area contributed by atoms with Crippen LogP contribution in [0.25, 0.3) is 0 Å². The number of aliphatic carboxylic acids is 1. The second-order valence-corrected chi connectivity index (χ2v) is 3.18. The third-order valence-electron chi connectivity index (χ3n) is 2.29. The molecule has 0 amide bonds. The summed E-state index contributed by atoms with van der Waals surface area (Å²) in [4.78, 5) is 10.8. The minimum Gasteiger partial charge on any atom is -0.479 e. The Morgan fingerprint density at radius 2 is 1.80 bits per heavy atom. The normalized spacial score (nSPS) is 41.5. The van der Waals surface area contributed by atoms with E-state index in [0.29, 0.717) is 0 Å². The number of aliphatic hydroxyl groups excluding tert-OH is 2. The molecule has 1 saturated heterocycles. The molecule has 15 heavy (non-hydrogen) atoms. The van der Waals surface area contributed by atoms with Crippen molar-refractivity contribution < 1.29 is 34.3 Å². The molecular formula is C8H14O7. The number of hydrogen-bond acceptors (Lipinski definition) is 6. The van der Waals surface area contributed by atoms with E-state index in [1.165, 1.54) is 14.2 Å². The van der Waals surface area contributed by atoms with Crippen LogP contribution in [0.2, 0.25) is 0 Å². The van der Waals surface area contributed by atoms with Crippen LogP contribution in [0.5, 0.6) is 0 Å². The fraction of sp³-hybridized carbons (Fsp3) is 0.875. The Kier molecular flexibility index (Phi) is 4.00. The van der Waals surface area contributed by atoms with Crippen molar-refractivity contribution in [3.05, 3.63) is 0 Å². The molecule has 0 saturated carbocycles. The van der Waals surface area contributed by atoms with Crippen LogP contribution >= 0.6 is 0 Å². The van der Waals surface area contributed by atoms with Gasteiger partial charge in [-0.2, -0.15) is 0 Å². The summed E-state index contributed by atoms with van der Waals surface area (Å²) < 4.78 is 14.4. The minimum atomic E-state index is -1.37. The lowest BCUT2D eigenvalue weighted by molar-refractivity contribution is -0.290. The predicted molar refractivity (Wildman–Crippen MR) is 46.1 cm³/mol. The van der Waals surface area contributed by atoms with Gasteiger partial charge in [0.25, 0.3) is 0 Å². The van der Waals surface area contributed by atoms with E-state index >= 15 is 0 Å². The molecule has 0 spiro atoms. The van der Waals surface area contributed by atoms with Crippen molar-refractivity contribution in [2.24, 2.45) is 0 Å². The summed E-state index contributed by atoms with van der Waals surface area (Å²) in [6, 6.07) is 0. The number of carbonyl (C=O) groups is 1. The van der Waals surface area contributed by atoms with Gasteiger partial charge in [0.05, 0.1) is 0 Å². The minimum absolute atomic E-state index is 1.12. The molecule has 0 aromatic rings. The first-order valence-electron chi connectivity index (χ1n) is 4.33.